The summed E-state index contributed by atoms with van der Waals surface area (Å²) in [5, 5.41) is 4.69. The molecular weight excluding hydrogens is 347 g/mol. The molecule has 0 atom stereocenters. The molecule has 88 valence electrons. The maximum atomic E-state index is 12.0. The summed E-state index contributed by atoms with van der Waals surface area (Å²) in [6, 6.07) is 7.42. The van der Waals surface area contributed by atoms with E-state index < -0.39 is 0 Å². The second kappa shape index (κ2) is 5.05. The van der Waals surface area contributed by atoms with Crippen molar-refractivity contribution >= 4 is 51.2 Å². The molecule has 17 heavy (non-hydrogen) atoms. The Morgan fingerprint density at radius 1 is 1.47 bits per heavy atom. The number of halogens is 1. The summed E-state index contributed by atoms with van der Waals surface area (Å²) in [6.45, 7) is 1.92. The Bertz CT molecular complexity index is 545. The minimum atomic E-state index is -0.120. The highest BCUT2D eigenvalue weighted by molar-refractivity contribution is 14.1. The number of aryl methyl sites for hydroxylation is 1. The van der Waals surface area contributed by atoms with Crippen molar-refractivity contribution in [2.45, 2.75) is 6.92 Å². The van der Waals surface area contributed by atoms with Crippen molar-refractivity contribution in [3.05, 3.63) is 43.7 Å². The normalized spacial score (nSPS) is 10.2. The molecule has 1 aromatic carbocycles. The SMILES string of the molecule is Cc1cccc(N)c1NC(=O)c1csc(I)c1. The highest BCUT2D eigenvalue weighted by Gasteiger charge is 2.11. The Balaban J connectivity index is 2.24. The van der Waals surface area contributed by atoms with E-state index in [1.165, 1.54) is 0 Å². The Labute approximate surface area is 117 Å². The van der Waals surface area contributed by atoms with Gasteiger partial charge in [0.15, 0.2) is 0 Å². The molecule has 2 aromatic rings. The van der Waals surface area contributed by atoms with E-state index in [0.29, 0.717) is 16.9 Å². The minimum absolute atomic E-state index is 0.120. The lowest BCUT2D eigenvalue weighted by atomic mass is 10.1. The zero-order chi connectivity index (χ0) is 12.4. The third kappa shape index (κ3) is 2.78. The van der Waals surface area contributed by atoms with Gasteiger partial charge < -0.3 is 11.1 Å². The fourth-order valence-corrected chi connectivity index (χ4v) is 2.80. The largest absolute Gasteiger partial charge is 0.397 e. The number of nitrogens with one attached hydrogen (secondary N) is 1. The molecule has 0 aliphatic rings. The lowest BCUT2D eigenvalue weighted by molar-refractivity contribution is 0.102. The van der Waals surface area contributed by atoms with Crippen molar-refractivity contribution in [2.24, 2.45) is 0 Å². The molecule has 0 bridgehead atoms. The van der Waals surface area contributed by atoms with Crippen molar-refractivity contribution in [1.29, 1.82) is 0 Å². The number of anilines is 2. The number of benzene rings is 1. The summed E-state index contributed by atoms with van der Waals surface area (Å²) in [4.78, 5) is 12.0. The molecule has 0 aliphatic carbocycles. The van der Waals surface area contributed by atoms with E-state index in [-0.39, 0.29) is 5.91 Å². The maximum absolute atomic E-state index is 12.0. The van der Waals surface area contributed by atoms with Gasteiger partial charge in [-0.25, -0.2) is 0 Å². The van der Waals surface area contributed by atoms with Crippen LogP contribution in [0.15, 0.2) is 29.6 Å². The van der Waals surface area contributed by atoms with E-state index in [1.54, 1.807) is 17.4 Å². The first kappa shape index (κ1) is 12.4. The van der Waals surface area contributed by atoms with Gasteiger partial charge >= 0.3 is 0 Å². The summed E-state index contributed by atoms with van der Waals surface area (Å²) in [5.41, 5.74) is 8.75. The number of nitrogen functional groups attached to an aromatic ring is 1. The fourth-order valence-electron chi connectivity index (χ4n) is 1.48. The van der Waals surface area contributed by atoms with Gasteiger partial charge in [-0.1, -0.05) is 12.1 Å². The molecule has 0 fully saturated rings. The number of thiophene rings is 1. The quantitative estimate of drug-likeness (QED) is 0.638. The average Bonchev–Trinajstić information content (AvgIpc) is 2.70. The van der Waals surface area contributed by atoms with Gasteiger partial charge in [-0.3, -0.25) is 4.79 Å². The first-order valence-corrected chi connectivity index (χ1v) is 6.94. The van der Waals surface area contributed by atoms with Crippen LogP contribution in [-0.2, 0) is 0 Å². The Kier molecular flexibility index (Phi) is 3.68. The monoisotopic (exact) mass is 358 g/mol. The van der Waals surface area contributed by atoms with Gasteiger partial charge in [-0.15, -0.1) is 11.3 Å². The molecule has 0 unspecified atom stereocenters. The minimum Gasteiger partial charge on any atom is -0.397 e. The Morgan fingerprint density at radius 3 is 2.82 bits per heavy atom. The highest BCUT2D eigenvalue weighted by Crippen LogP contribution is 2.24. The smallest absolute Gasteiger partial charge is 0.256 e. The maximum Gasteiger partial charge on any atom is 0.256 e. The second-order valence-corrected chi connectivity index (χ2v) is 6.44. The van der Waals surface area contributed by atoms with Crippen molar-refractivity contribution in [1.82, 2.24) is 0 Å². The van der Waals surface area contributed by atoms with E-state index in [0.717, 1.165) is 8.45 Å². The second-order valence-electron chi connectivity index (χ2n) is 3.63. The summed E-state index contributed by atoms with van der Waals surface area (Å²) in [6.07, 6.45) is 0. The first-order chi connectivity index (χ1) is 8.08. The Morgan fingerprint density at radius 2 is 2.24 bits per heavy atom. The Hall–Kier alpha value is -1.08. The molecule has 0 radical (unpaired) electrons. The van der Waals surface area contributed by atoms with Gasteiger partial charge in [0.25, 0.3) is 5.91 Å². The van der Waals surface area contributed by atoms with E-state index >= 15 is 0 Å². The molecule has 0 saturated carbocycles. The number of hydrogen-bond acceptors (Lipinski definition) is 3. The van der Waals surface area contributed by atoms with Gasteiger partial charge in [0.2, 0.25) is 0 Å². The van der Waals surface area contributed by atoms with Crippen LogP contribution in [0.5, 0.6) is 0 Å². The molecule has 5 heteroatoms. The van der Waals surface area contributed by atoms with Gasteiger partial charge in [0, 0.05) is 5.38 Å². The van der Waals surface area contributed by atoms with Gasteiger partial charge in [-0.2, -0.15) is 0 Å². The van der Waals surface area contributed by atoms with Crippen LogP contribution in [0.1, 0.15) is 15.9 Å². The zero-order valence-electron chi connectivity index (χ0n) is 9.16. The molecule has 0 aliphatic heterocycles. The van der Waals surface area contributed by atoms with Crippen LogP contribution in [0, 0.1) is 9.81 Å². The molecule has 1 heterocycles. The fraction of sp³-hybridized carbons (Fsp3) is 0.0833. The highest BCUT2D eigenvalue weighted by atomic mass is 127. The van der Waals surface area contributed by atoms with Crippen LogP contribution in [-0.4, -0.2) is 5.91 Å². The van der Waals surface area contributed by atoms with Crippen molar-refractivity contribution in [3.63, 3.8) is 0 Å². The molecule has 1 amide bonds. The molecule has 2 rings (SSSR count). The number of amides is 1. The number of rotatable bonds is 2. The number of carbonyl (C=O) groups is 1. The standard InChI is InChI=1S/C12H11IN2OS/c1-7-3-2-4-9(14)11(7)15-12(16)8-5-10(13)17-6-8/h2-6H,14H2,1H3,(H,15,16). The summed E-state index contributed by atoms with van der Waals surface area (Å²) in [5.74, 6) is -0.120. The van der Waals surface area contributed by atoms with E-state index in [4.69, 9.17) is 5.73 Å². The zero-order valence-corrected chi connectivity index (χ0v) is 12.1. The third-order valence-electron chi connectivity index (χ3n) is 2.37. The van der Waals surface area contributed by atoms with Crippen LogP contribution in [0.3, 0.4) is 0 Å². The number of para-hydroxylation sites is 1. The van der Waals surface area contributed by atoms with E-state index in [1.807, 2.05) is 30.5 Å². The number of hydrogen-bond donors (Lipinski definition) is 2. The van der Waals surface area contributed by atoms with Crippen molar-refractivity contribution in [3.8, 4) is 0 Å². The average molecular weight is 358 g/mol. The van der Waals surface area contributed by atoms with Crippen molar-refractivity contribution in [2.75, 3.05) is 11.1 Å². The van der Waals surface area contributed by atoms with Crippen LogP contribution in [0.4, 0.5) is 11.4 Å². The van der Waals surface area contributed by atoms with Crippen LogP contribution in [0.25, 0.3) is 0 Å². The summed E-state index contributed by atoms with van der Waals surface area (Å²) >= 11 is 3.74. The van der Waals surface area contributed by atoms with Crippen LogP contribution in [0.2, 0.25) is 0 Å². The summed E-state index contributed by atoms with van der Waals surface area (Å²) in [7, 11) is 0. The van der Waals surface area contributed by atoms with E-state index in [9.17, 15) is 4.79 Å². The molecule has 0 spiro atoms. The predicted octanol–water partition coefficient (Wildman–Crippen LogP) is 3.50. The molecular formula is C12H11IN2OS. The van der Waals surface area contributed by atoms with E-state index in [2.05, 4.69) is 27.9 Å². The van der Waals surface area contributed by atoms with Crippen LogP contribution >= 0.6 is 33.9 Å². The molecule has 1 aromatic heterocycles. The molecule has 3 N–H and O–H groups in total. The molecule has 3 nitrogen and oxygen atoms in total. The topological polar surface area (TPSA) is 55.1 Å². The third-order valence-corrected chi connectivity index (χ3v) is 4.16. The lowest BCUT2D eigenvalue weighted by Crippen LogP contribution is -2.13. The van der Waals surface area contributed by atoms with Gasteiger partial charge in [0.1, 0.15) is 0 Å². The first-order valence-electron chi connectivity index (χ1n) is 4.98. The van der Waals surface area contributed by atoms with Crippen molar-refractivity contribution < 1.29 is 4.79 Å². The van der Waals surface area contributed by atoms with Gasteiger partial charge in [0.05, 0.1) is 19.8 Å². The lowest BCUT2D eigenvalue weighted by Gasteiger charge is -2.10. The summed E-state index contributed by atoms with van der Waals surface area (Å²) < 4.78 is 1.09. The predicted molar refractivity (Wildman–Crippen MR) is 80.6 cm³/mol. The number of nitrogens with two attached hydrogens (primary N) is 1. The van der Waals surface area contributed by atoms with Gasteiger partial charge in [-0.05, 0) is 47.2 Å². The number of carbonyl (C=O) groups excluding carboxylic acids is 1. The molecule has 0 saturated heterocycles. The van der Waals surface area contributed by atoms with Crippen LogP contribution < -0.4 is 11.1 Å².